The molecule has 3 heterocycles. The van der Waals surface area contributed by atoms with Gasteiger partial charge in [-0.3, -0.25) is 9.69 Å². The molecule has 0 saturated carbocycles. The number of amides is 1. The van der Waals surface area contributed by atoms with Crippen LogP contribution in [0, 0.1) is 11.6 Å². The molecule has 2 aliphatic rings. The number of nitrogens with zero attached hydrogens (tertiary/aromatic N) is 5. The van der Waals surface area contributed by atoms with Gasteiger partial charge in [0, 0.05) is 54.1 Å². The van der Waals surface area contributed by atoms with Gasteiger partial charge in [0.1, 0.15) is 29.9 Å². The van der Waals surface area contributed by atoms with E-state index in [1.807, 2.05) is 35.9 Å². The molecule has 6 rings (SSSR count). The molecule has 43 heavy (non-hydrogen) atoms. The predicted molar refractivity (Wildman–Crippen MR) is 162 cm³/mol. The summed E-state index contributed by atoms with van der Waals surface area (Å²) in [6.07, 6.45) is 0.610. The lowest BCUT2D eigenvalue weighted by Gasteiger charge is -2.40. The number of hydrogen-bond donors (Lipinski definition) is 0. The minimum atomic E-state index is -0.961. The van der Waals surface area contributed by atoms with Crippen molar-refractivity contribution in [2.24, 2.45) is 0 Å². The molecule has 4 aromatic rings. The molecular weight excluding hydrogens is 579 g/mol. The monoisotopic (exact) mass is 609 g/mol. The summed E-state index contributed by atoms with van der Waals surface area (Å²) in [7, 11) is 1.82. The van der Waals surface area contributed by atoms with E-state index < -0.39 is 17.8 Å². The maximum Gasteiger partial charge on any atom is 0.319 e. The van der Waals surface area contributed by atoms with Gasteiger partial charge in [0.05, 0.1) is 5.56 Å². The fourth-order valence-electron chi connectivity index (χ4n) is 6.17. The SMILES string of the molecule is C=CC(=O)N1CCN(c2nc(OC[C@@H]3C[C@@H](F)CN3C)nc3c(F)c(-c4cccc5cccc(Cl)c45)c(F)cc23)[C@@H](C)C1. The second-order valence-corrected chi connectivity index (χ2v) is 11.6. The van der Waals surface area contributed by atoms with E-state index in [1.165, 1.54) is 12.1 Å². The van der Waals surface area contributed by atoms with Crippen LogP contribution in [-0.4, -0.2) is 83.8 Å². The van der Waals surface area contributed by atoms with E-state index in [-0.39, 0.29) is 47.1 Å². The Hall–Kier alpha value is -3.89. The quantitative estimate of drug-likeness (QED) is 0.249. The molecule has 11 heteroatoms. The van der Waals surface area contributed by atoms with Crippen LogP contribution >= 0.6 is 11.6 Å². The molecule has 2 aliphatic heterocycles. The fraction of sp³-hybridized carbons (Fsp3) is 0.344. The number of alkyl halides is 1. The highest BCUT2D eigenvalue weighted by Crippen LogP contribution is 2.40. The zero-order chi connectivity index (χ0) is 30.4. The van der Waals surface area contributed by atoms with Crippen LogP contribution < -0.4 is 9.64 Å². The van der Waals surface area contributed by atoms with E-state index in [0.717, 1.165) is 5.39 Å². The van der Waals surface area contributed by atoms with Crippen LogP contribution in [0.5, 0.6) is 6.01 Å². The Kier molecular flexibility index (Phi) is 7.91. The first-order valence-electron chi connectivity index (χ1n) is 14.2. The summed E-state index contributed by atoms with van der Waals surface area (Å²) in [6.45, 7) is 6.99. The number of likely N-dealkylation sites (N-methyl/N-ethyl adjacent to an activating group) is 1. The van der Waals surface area contributed by atoms with Gasteiger partial charge in [0.15, 0.2) is 5.82 Å². The first-order chi connectivity index (χ1) is 20.7. The van der Waals surface area contributed by atoms with Crippen LogP contribution in [0.15, 0.2) is 55.1 Å². The number of anilines is 1. The maximum absolute atomic E-state index is 16.6. The molecule has 3 atom stereocenters. The Morgan fingerprint density at radius 2 is 1.93 bits per heavy atom. The fourth-order valence-corrected chi connectivity index (χ4v) is 6.46. The average molecular weight is 610 g/mol. The van der Waals surface area contributed by atoms with Crippen molar-refractivity contribution >= 4 is 45.0 Å². The molecule has 1 amide bonds. The molecular formula is C32H31ClF3N5O2. The van der Waals surface area contributed by atoms with Crippen molar-refractivity contribution in [3.05, 3.63) is 71.8 Å². The van der Waals surface area contributed by atoms with Gasteiger partial charge in [-0.2, -0.15) is 9.97 Å². The van der Waals surface area contributed by atoms with Crippen LogP contribution in [0.3, 0.4) is 0 Å². The van der Waals surface area contributed by atoms with Crippen molar-refractivity contribution < 1.29 is 22.7 Å². The molecule has 0 spiro atoms. The lowest BCUT2D eigenvalue weighted by Crippen LogP contribution is -2.53. The van der Waals surface area contributed by atoms with E-state index in [9.17, 15) is 9.18 Å². The van der Waals surface area contributed by atoms with E-state index in [1.54, 1.807) is 29.2 Å². The average Bonchev–Trinajstić information content (AvgIpc) is 3.32. The Morgan fingerprint density at radius 3 is 2.63 bits per heavy atom. The molecule has 0 radical (unpaired) electrons. The number of carbonyl (C=O) groups excluding carboxylic acids is 1. The van der Waals surface area contributed by atoms with Crippen molar-refractivity contribution in [1.82, 2.24) is 19.8 Å². The van der Waals surface area contributed by atoms with E-state index >= 15 is 8.78 Å². The lowest BCUT2D eigenvalue weighted by atomic mass is 9.96. The van der Waals surface area contributed by atoms with Crippen molar-refractivity contribution in [1.29, 1.82) is 0 Å². The number of ether oxygens (including phenoxy) is 1. The first-order valence-corrected chi connectivity index (χ1v) is 14.6. The van der Waals surface area contributed by atoms with E-state index in [2.05, 4.69) is 16.5 Å². The van der Waals surface area contributed by atoms with Crippen molar-refractivity contribution in [3.63, 3.8) is 0 Å². The molecule has 0 aliphatic carbocycles. The number of hydrogen-bond acceptors (Lipinski definition) is 6. The summed E-state index contributed by atoms with van der Waals surface area (Å²) < 4.78 is 52.6. The van der Waals surface area contributed by atoms with Crippen LogP contribution in [0.4, 0.5) is 19.0 Å². The minimum absolute atomic E-state index is 0.0950. The standard InChI is InChI=1S/C32H31ClF3N5O2/c1-4-26(42)40-11-12-41(18(2)15-40)31-23-14-25(35)28(22-9-5-7-19-8-6-10-24(33)27(19)22)29(36)30(23)37-32(38-31)43-17-21-13-20(34)16-39(21)3/h4-10,14,18,20-21H,1,11-13,15-17H2,2-3H3/t18-,20+,21-/m0/s1. The van der Waals surface area contributed by atoms with Gasteiger partial charge in [-0.25, -0.2) is 13.2 Å². The Bertz CT molecular complexity index is 1730. The number of piperazine rings is 1. The smallest absolute Gasteiger partial charge is 0.319 e. The predicted octanol–water partition coefficient (Wildman–Crippen LogP) is 6.03. The molecule has 0 bridgehead atoms. The highest BCUT2D eigenvalue weighted by molar-refractivity contribution is 6.36. The molecule has 3 aromatic carbocycles. The molecule has 0 N–H and O–H groups in total. The van der Waals surface area contributed by atoms with Crippen molar-refractivity contribution in [2.45, 2.75) is 31.6 Å². The molecule has 7 nitrogen and oxygen atoms in total. The molecule has 0 unspecified atom stereocenters. The van der Waals surface area contributed by atoms with E-state index in [4.69, 9.17) is 16.3 Å². The molecule has 1 aromatic heterocycles. The van der Waals surface area contributed by atoms with Crippen molar-refractivity contribution in [2.75, 3.05) is 44.7 Å². The van der Waals surface area contributed by atoms with Crippen LogP contribution in [0.2, 0.25) is 5.02 Å². The largest absolute Gasteiger partial charge is 0.462 e. The van der Waals surface area contributed by atoms with Gasteiger partial charge in [-0.1, -0.05) is 48.5 Å². The number of aromatic nitrogens is 2. The van der Waals surface area contributed by atoms with E-state index in [0.29, 0.717) is 54.4 Å². The van der Waals surface area contributed by atoms with Gasteiger partial charge in [-0.05, 0) is 49.6 Å². The summed E-state index contributed by atoms with van der Waals surface area (Å²) in [5, 5.41) is 1.81. The van der Waals surface area contributed by atoms with Gasteiger partial charge in [0.25, 0.3) is 0 Å². The Morgan fingerprint density at radius 1 is 1.16 bits per heavy atom. The van der Waals surface area contributed by atoms with Crippen LogP contribution in [0.25, 0.3) is 32.8 Å². The highest BCUT2D eigenvalue weighted by atomic mass is 35.5. The Balaban J connectivity index is 1.49. The zero-order valence-electron chi connectivity index (χ0n) is 23.9. The summed E-state index contributed by atoms with van der Waals surface area (Å²) in [5.74, 6) is -1.55. The maximum atomic E-state index is 16.6. The second-order valence-electron chi connectivity index (χ2n) is 11.2. The number of likely N-dealkylation sites (tertiary alicyclic amines) is 1. The third-order valence-electron chi connectivity index (χ3n) is 8.39. The van der Waals surface area contributed by atoms with Gasteiger partial charge in [-0.15, -0.1) is 0 Å². The third kappa shape index (κ3) is 5.38. The number of fused-ring (bicyclic) bond motifs is 2. The van der Waals surface area contributed by atoms with Crippen molar-refractivity contribution in [3.8, 4) is 17.1 Å². The summed E-state index contributed by atoms with van der Waals surface area (Å²) >= 11 is 6.51. The summed E-state index contributed by atoms with van der Waals surface area (Å²) in [4.78, 5) is 26.7. The molecule has 2 fully saturated rings. The van der Waals surface area contributed by atoms with Crippen LogP contribution in [-0.2, 0) is 4.79 Å². The normalized spacial score (nSPS) is 21.1. The molecule has 224 valence electrons. The number of carbonyl (C=O) groups is 1. The zero-order valence-corrected chi connectivity index (χ0v) is 24.6. The summed E-state index contributed by atoms with van der Waals surface area (Å²) in [6, 6.07) is 11.2. The number of rotatable bonds is 6. The second kappa shape index (κ2) is 11.7. The number of benzene rings is 3. The first kappa shape index (κ1) is 29.2. The van der Waals surface area contributed by atoms with Gasteiger partial charge >= 0.3 is 6.01 Å². The number of halogens is 4. The minimum Gasteiger partial charge on any atom is -0.462 e. The topological polar surface area (TPSA) is 61.8 Å². The lowest BCUT2D eigenvalue weighted by molar-refractivity contribution is -0.126. The highest BCUT2D eigenvalue weighted by Gasteiger charge is 2.32. The van der Waals surface area contributed by atoms with Crippen LogP contribution in [0.1, 0.15) is 13.3 Å². The Labute approximate surface area is 252 Å². The summed E-state index contributed by atoms with van der Waals surface area (Å²) in [5.41, 5.74) is -0.0680. The van der Waals surface area contributed by atoms with Gasteiger partial charge < -0.3 is 14.5 Å². The third-order valence-corrected chi connectivity index (χ3v) is 8.71. The van der Waals surface area contributed by atoms with Gasteiger partial charge in [0.2, 0.25) is 5.91 Å². The molecule has 2 saturated heterocycles.